The Bertz CT molecular complexity index is 2590. The molecule has 0 atom stereocenters. The largest absolute Gasteiger partial charge is 0.228 e. The Morgan fingerprint density at radius 3 is 1.65 bits per heavy atom. The maximum atomic E-state index is 5.21. The number of fused-ring (bicyclic) bond motifs is 4. The van der Waals surface area contributed by atoms with Gasteiger partial charge in [-0.2, -0.15) is 0 Å². The van der Waals surface area contributed by atoms with Crippen LogP contribution >= 0.6 is 0 Å². The molecular weight excluding hydrogens is 581 g/mol. The van der Waals surface area contributed by atoms with E-state index in [1.54, 1.807) is 0 Å². The topological polar surface area (TPSA) is 25.8 Å². The Hall–Kier alpha value is -6.38. The molecule has 0 N–H and O–H groups in total. The summed E-state index contributed by atoms with van der Waals surface area (Å²) in [6, 6.07) is 64.5. The number of rotatable bonds is 5. The monoisotopic (exact) mass is 610 g/mol. The number of hydrogen-bond acceptors (Lipinski definition) is 2. The lowest BCUT2D eigenvalue weighted by Gasteiger charge is -2.15. The van der Waals surface area contributed by atoms with Crippen LogP contribution in [-0.4, -0.2) is 9.97 Å². The Kier molecular flexibility index (Phi) is 6.84. The summed E-state index contributed by atoms with van der Waals surface area (Å²) < 4.78 is 0. The van der Waals surface area contributed by atoms with Crippen LogP contribution in [0.2, 0.25) is 0 Å². The van der Waals surface area contributed by atoms with Gasteiger partial charge in [-0.25, -0.2) is 9.97 Å². The summed E-state index contributed by atoms with van der Waals surface area (Å²) in [6.45, 7) is 0. The molecule has 0 saturated carbocycles. The van der Waals surface area contributed by atoms with Gasteiger partial charge in [0.1, 0.15) is 0 Å². The molecule has 1 aromatic heterocycles. The highest BCUT2D eigenvalue weighted by atomic mass is 14.9. The minimum Gasteiger partial charge on any atom is -0.228 e. The SMILES string of the molecule is c1ccc(-c2cc(-c3ccccc3-c3ccccc3)nc(-c3ccc(-c4c5ccccc5cc5c4ccc4ccccc45)cc3)n2)cc1. The van der Waals surface area contributed by atoms with Crippen LogP contribution in [0.25, 0.3) is 88.5 Å². The highest BCUT2D eigenvalue weighted by Gasteiger charge is 2.16. The van der Waals surface area contributed by atoms with E-state index < -0.39 is 0 Å². The molecule has 0 aliphatic carbocycles. The van der Waals surface area contributed by atoms with Gasteiger partial charge in [0.15, 0.2) is 5.82 Å². The Labute approximate surface area is 279 Å². The number of nitrogens with zero attached hydrogens (tertiary/aromatic N) is 2. The van der Waals surface area contributed by atoms with Gasteiger partial charge in [0.05, 0.1) is 11.4 Å². The molecule has 0 fully saturated rings. The smallest absolute Gasteiger partial charge is 0.160 e. The molecule has 9 rings (SSSR count). The predicted octanol–water partition coefficient (Wildman–Crippen LogP) is 12.3. The third-order valence-electron chi connectivity index (χ3n) is 9.29. The lowest BCUT2D eigenvalue weighted by atomic mass is 9.89. The Morgan fingerprint density at radius 1 is 0.292 bits per heavy atom. The minimum absolute atomic E-state index is 0.703. The van der Waals surface area contributed by atoms with Crippen molar-refractivity contribution in [3.8, 4) is 56.2 Å². The fraction of sp³-hybridized carbons (Fsp3) is 0. The highest BCUT2D eigenvalue weighted by Crippen LogP contribution is 2.40. The van der Waals surface area contributed by atoms with Crippen LogP contribution in [0.5, 0.6) is 0 Å². The van der Waals surface area contributed by atoms with Gasteiger partial charge in [-0.3, -0.25) is 0 Å². The molecule has 0 spiro atoms. The third-order valence-corrected chi connectivity index (χ3v) is 9.29. The molecule has 0 aliphatic rings. The molecule has 2 heteroatoms. The van der Waals surface area contributed by atoms with Gasteiger partial charge >= 0.3 is 0 Å². The lowest BCUT2D eigenvalue weighted by molar-refractivity contribution is 1.18. The molecule has 48 heavy (non-hydrogen) atoms. The first kappa shape index (κ1) is 27.9. The molecule has 224 valence electrons. The molecule has 0 saturated heterocycles. The van der Waals surface area contributed by atoms with Gasteiger partial charge in [-0.1, -0.05) is 170 Å². The molecule has 0 amide bonds. The first-order chi connectivity index (χ1) is 23.8. The molecule has 0 aliphatic heterocycles. The summed E-state index contributed by atoms with van der Waals surface area (Å²) in [7, 11) is 0. The summed E-state index contributed by atoms with van der Waals surface area (Å²) in [5.41, 5.74) is 9.64. The molecule has 0 radical (unpaired) electrons. The average molecular weight is 611 g/mol. The minimum atomic E-state index is 0.703. The standard InChI is InChI=1S/C46H30N2/c1-3-13-31(14-4-1)37-19-11-12-22-40(37)44-30-43(33-16-5-2-6-17-33)47-46(48-44)35-25-23-34(24-26-35)45-39-21-10-8-18-36(39)29-42-38-20-9-7-15-32(38)27-28-41(42)45/h1-30H. The second-order valence-corrected chi connectivity index (χ2v) is 12.2. The van der Waals surface area contributed by atoms with Crippen molar-refractivity contribution >= 4 is 32.3 Å². The van der Waals surface area contributed by atoms with Crippen LogP contribution in [-0.2, 0) is 0 Å². The van der Waals surface area contributed by atoms with Gasteiger partial charge < -0.3 is 0 Å². The number of aromatic nitrogens is 2. The van der Waals surface area contributed by atoms with Crippen molar-refractivity contribution in [3.05, 3.63) is 182 Å². The zero-order chi connectivity index (χ0) is 31.9. The zero-order valence-electron chi connectivity index (χ0n) is 26.2. The molecule has 0 bridgehead atoms. The summed E-state index contributed by atoms with van der Waals surface area (Å²) in [4.78, 5) is 10.3. The van der Waals surface area contributed by atoms with E-state index in [0.717, 1.165) is 39.2 Å². The van der Waals surface area contributed by atoms with Gasteiger partial charge in [0, 0.05) is 16.7 Å². The fourth-order valence-corrected chi connectivity index (χ4v) is 6.96. The second kappa shape index (κ2) is 11.8. The molecule has 1 heterocycles. The van der Waals surface area contributed by atoms with E-state index in [1.165, 1.54) is 43.4 Å². The van der Waals surface area contributed by atoms with Crippen molar-refractivity contribution < 1.29 is 0 Å². The van der Waals surface area contributed by atoms with Crippen LogP contribution in [0.1, 0.15) is 0 Å². The van der Waals surface area contributed by atoms with E-state index in [2.05, 4.69) is 176 Å². The molecular formula is C46H30N2. The van der Waals surface area contributed by atoms with Crippen molar-refractivity contribution in [1.82, 2.24) is 9.97 Å². The van der Waals surface area contributed by atoms with Crippen LogP contribution in [0.4, 0.5) is 0 Å². The van der Waals surface area contributed by atoms with Crippen LogP contribution in [0.15, 0.2) is 182 Å². The Morgan fingerprint density at radius 2 is 0.875 bits per heavy atom. The van der Waals surface area contributed by atoms with Crippen molar-refractivity contribution in [2.24, 2.45) is 0 Å². The average Bonchev–Trinajstić information content (AvgIpc) is 3.17. The zero-order valence-corrected chi connectivity index (χ0v) is 26.2. The van der Waals surface area contributed by atoms with Crippen LogP contribution in [0.3, 0.4) is 0 Å². The van der Waals surface area contributed by atoms with Gasteiger partial charge in [-0.15, -0.1) is 0 Å². The van der Waals surface area contributed by atoms with E-state index in [-0.39, 0.29) is 0 Å². The summed E-state index contributed by atoms with van der Waals surface area (Å²) in [5, 5.41) is 7.53. The van der Waals surface area contributed by atoms with Crippen LogP contribution < -0.4 is 0 Å². The summed E-state index contributed by atoms with van der Waals surface area (Å²) >= 11 is 0. The lowest BCUT2D eigenvalue weighted by Crippen LogP contribution is -1.97. The van der Waals surface area contributed by atoms with E-state index in [1.807, 2.05) is 6.07 Å². The van der Waals surface area contributed by atoms with E-state index in [0.29, 0.717) is 5.82 Å². The molecule has 0 unspecified atom stereocenters. The maximum absolute atomic E-state index is 5.21. The van der Waals surface area contributed by atoms with Crippen molar-refractivity contribution in [1.29, 1.82) is 0 Å². The number of hydrogen-bond donors (Lipinski definition) is 0. The first-order valence-electron chi connectivity index (χ1n) is 16.3. The van der Waals surface area contributed by atoms with E-state index in [9.17, 15) is 0 Å². The van der Waals surface area contributed by atoms with Gasteiger partial charge in [0.2, 0.25) is 0 Å². The molecule has 9 aromatic rings. The summed E-state index contributed by atoms with van der Waals surface area (Å²) in [5.74, 6) is 0.703. The summed E-state index contributed by atoms with van der Waals surface area (Å²) in [6.07, 6.45) is 0. The van der Waals surface area contributed by atoms with Gasteiger partial charge in [-0.05, 0) is 66.7 Å². The highest BCUT2D eigenvalue weighted by molar-refractivity contribution is 6.20. The predicted molar refractivity (Wildman–Crippen MR) is 202 cm³/mol. The van der Waals surface area contributed by atoms with Crippen LogP contribution in [0, 0.1) is 0 Å². The Balaban J connectivity index is 1.21. The molecule has 2 nitrogen and oxygen atoms in total. The molecule has 8 aromatic carbocycles. The van der Waals surface area contributed by atoms with Crippen molar-refractivity contribution in [2.45, 2.75) is 0 Å². The third kappa shape index (κ3) is 4.92. The van der Waals surface area contributed by atoms with Gasteiger partial charge in [0.25, 0.3) is 0 Å². The van der Waals surface area contributed by atoms with E-state index >= 15 is 0 Å². The van der Waals surface area contributed by atoms with Crippen molar-refractivity contribution in [3.63, 3.8) is 0 Å². The number of benzene rings is 8. The fourth-order valence-electron chi connectivity index (χ4n) is 6.96. The second-order valence-electron chi connectivity index (χ2n) is 12.2. The normalized spacial score (nSPS) is 11.3. The first-order valence-corrected chi connectivity index (χ1v) is 16.3. The van der Waals surface area contributed by atoms with Crippen molar-refractivity contribution in [2.75, 3.05) is 0 Å². The quantitative estimate of drug-likeness (QED) is 0.143. The maximum Gasteiger partial charge on any atom is 0.160 e. The van der Waals surface area contributed by atoms with E-state index in [4.69, 9.17) is 9.97 Å².